The molecule has 4 rings (SSSR count). The zero-order chi connectivity index (χ0) is 13.9. The van der Waals surface area contributed by atoms with Crippen LogP contribution in [0.25, 0.3) is 0 Å². The molecule has 0 aliphatic heterocycles. The summed E-state index contributed by atoms with van der Waals surface area (Å²) in [4.78, 5) is 0. The zero-order valence-corrected chi connectivity index (χ0v) is 13.5. The Hall–Kier alpha value is -0.260. The van der Waals surface area contributed by atoms with Crippen LogP contribution >= 0.6 is 0 Å². The predicted octanol–water partition coefficient (Wildman–Crippen LogP) is 5.83. The van der Waals surface area contributed by atoms with Gasteiger partial charge in [0.05, 0.1) is 0 Å². The lowest BCUT2D eigenvalue weighted by Gasteiger charge is -2.32. The molecular formula is C20H32. The molecule has 112 valence electrons. The number of hydrogen-bond donors (Lipinski definition) is 0. The van der Waals surface area contributed by atoms with Crippen LogP contribution in [-0.4, -0.2) is 0 Å². The molecule has 0 heteroatoms. The van der Waals surface area contributed by atoms with Gasteiger partial charge in [0.2, 0.25) is 0 Å². The SMILES string of the molecule is C=C1CC[C@@H]2[C@H]([C@@H]3C[C@@H](C)C[C@H]13)[C@]2(C)C1CCCCC1. The lowest BCUT2D eigenvalue weighted by molar-refractivity contribution is 0.188. The minimum Gasteiger partial charge on any atom is -0.0996 e. The molecule has 0 N–H and O–H groups in total. The molecule has 20 heavy (non-hydrogen) atoms. The minimum absolute atomic E-state index is 0.730. The number of fused-ring (bicyclic) bond motifs is 3. The van der Waals surface area contributed by atoms with Crippen molar-refractivity contribution in [2.45, 2.75) is 71.6 Å². The average molecular weight is 272 g/mol. The summed E-state index contributed by atoms with van der Waals surface area (Å²) in [6.45, 7) is 9.64. The quantitative estimate of drug-likeness (QED) is 0.527. The van der Waals surface area contributed by atoms with E-state index in [0.717, 1.165) is 40.9 Å². The van der Waals surface area contributed by atoms with Crippen LogP contribution in [0.5, 0.6) is 0 Å². The van der Waals surface area contributed by atoms with Gasteiger partial charge < -0.3 is 0 Å². The average Bonchev–Trinajstić information content (AvgIpc) is 2.92. The van der Waals surface area contributed by atoms with E-state index in [4.69, 9.17) is 0 Å². The van der Waals surface area contributed by atoms with Gasteiger partial charge >= 0.3 is 0 Å². The largest absolute Gasteiger partial charge is 0.0996 e. The van der Waals surface area contributed by atoms with Gasteiger partial charge in [-0.3, -0.25) is 0 Å². The zero-order valence-electron chi connectivity index (χ0n) is 13.5. The van der Waals surface area contributed by atoms with Crippen LogP contribution < -0.4 is 0 Å². The second kappa shape index (κ2) is 4.62. The molecule has 0 aromatic heterocycles. The van der Waals surface area contributed by atoms with E-state index in [2.05, 4.69) is 20.4 Å². The Morgan fingerprint density at radius 2 is 1.80 bits per heavy atom. The van der Waals surface area contributed by atoms with Gasteiger partial charge in [0.1, 0.15) is 0 Å². The van der Waals surface area contributed by atoms with Crippen molar-refractivity contribution in [1.82, 2.24) is 0 Å². The van der Waals surface area contributed by atoms with Crippen LogP contribution in [-0.2, 0) is 0 Å². The topological polar surface area (TPSA) is 0 Å². The van der Waals surface area contributed by atoms with Crippen molar-refractivity contribution in [3.63, 3.8) is 0 Å². The van der Waals surface area contributed by atoms with E-state index in [-0.39, 0.29) is 0 Å². The molecule has 6 atom stereocenters. The molecule has 4 fully saturated rings. The Balaban J connectivity index is 1.59. The molecule has 0 aromatic carbocycles. The van der Waals surface area contributed by atoms with Crippen LogP contribution in [0.15, 0.2) is 12.2 Å². The summed E-state index contributed by atoms with van der Waals surface area (Å²) in [5, 5.41) is 0. The Bertz CT molecular complexity index is 402. The number of hydrogen-bond acceptors (Lipinski definition) is 0. The summed E-state index contributed by atoms with van der Waals surface area (Å²) in [6, 6.07) is 0. The van der Waals surface area contributed by atoms with E-state index >= 15 is 0 Å². The first-order chi connectivity index (χ1) is 9.62. The van der Waals surface area contributed by atoms with Crippen molar-refractivity contribution in [3.8, 4) is 0 Å². The van der Waals surface area contributed by atoms with Gasteiger partial charge in [-0.2, -0.15) is 0 Å². The Labute approximate surface area is 125 Å². The molecule has 4 aliphatic carbocycles. The fourth-order valence-corrected chi connectivity index (χ4v) is 6.94. The maximum absolute atomic E-state index is 4.47. The van der Waals surface area contributed by atoms with Gasteiger partial charge in [-0.05, 0) is 79.4 Å². The van der Waals surface area contributed by atoms with E-state index in [1.54, 1.807) is 5.57 Å². The van der Waals surface area contributed by atoms with Crippen LogP contribution in [0.3, 0.4) is 0 Å². The van der Waals surface area contributed by atoms with Crippen molar-refractivity contribution in [3.05, 3.63) is 12.2 Å². The first kappa shape index (κ1) is 13.4. The van der Waals surface area contributed by atoms with Gasteiger partial charge in [-0.1, -0.05) is 45.3 Å². The molecule has 0 amide bonds. The summed E-state index contributed by atoms with van der Waals surface area (Å²) in [7, 11) is 0. The highest BCUT2D eigenvalue weighted by atomic mass is 14.7. The number of allylic oxidation sites excluding steroid dienone is 1. The standard InChI is InChI=1S/C20H32/c1-13-11-16-14(2)9-10-18-19(17(16)12-13)20(18,3)15-7-5-4-6-8-15/h13,15-19H,2,4-12H2,1,3H3/t13-,16+,17+,18+,19-,20+/m0/s1. The van der Waals surface area contributed by atoms with E-state index < -0.39 is 0 Å². The third-order valence-corrected chi connectivity index (χ3v) is 7.94. The van der Waals surface area contributed by atoms with E-state index in [0.29, 0.717) is 0 Å². The molecule has 4 saturated carbocycles. The normalized spacial score (nSPS) is 52.3. The van der Waals surface area contributed by atoms with Crippen molar-refractivity contribution >= 4 is 0 Å². The van der Waals surface area contributed by atoms with Gasteiger partial charge in [0.25, 0.3) is 0 Å². The fourth-order valence-electron chi connectivity index (χ4n) is 6.94. The Kier molecular flexibility index (Phi) is 3.09. The molecule has 4 aliphatic rings. The van der Waals surface area contributed by atoms with Crippen molar-refractivity contribution in [2.75, 3.05) is 0 Å². The lowest BCUT2D eigenvalue weighted by Crippen LogP contribution is -2.23. The summed E-state index contributed by atoms with van der Waals surface area (Å²) in [6.07, 6.45) is 13.4. The second-order valence-corrected chi connectivity index (χ2v) is 8.88. The molecule has 0 nitrogen and oxygen atoms in total. The third kappa shape index (κ3) is 1.79. The van der Waals surface area contributed by atoms with Crippen LogP contribution in [0.4, 0.5) is 0 Å². The second-order valence-electron chi connectivity index (χ2n) is 8.88. The van der Waals surface area contributed by atoms with Crippen LogP contribution in [0, 0.1) is 40.9 Å². The highest BCUT2D eigenvalue weighted by Crippen LogP contribution is 2.74. The lowest BCUT2D eigenvalue weighted by atomic mass is 9.73. The van der Waals surface area contributed by atoms with E-state index in [1.165, 1.54) is 57.8 Å². The van der Waals surface area contributed by atoms with Crippen LogP contribution in [0.1, 0.15) is 71.6 Å². The molecule has 0 spiro atoms. The van der Waals surface area contributed by atoms with Gasteiger partial charge in [-0.15, -0.1) is 0 Å². The van der Waals surface area contributed by atoms with E-state index in [9.17, 15) is 0 Å². The summed E-state index contributed by atoms with van der Waals surface area (Å²) >= 11 is 0. The summed E-state index contributed by atoms with van der Waals surface area (Å²) in [5.74, 6) is 6.05. The maximum Gasteiger partial charge on any atom is -0.0172 e. The first-order valence-corrected chi connectivity index (χ1v) is 9.30. The molecule has 0 saturated heterocycles. The Morgan fingerprint density at radius 3 is 2.55 bits per heavy atom. The van der Waals surface area contributed by atoms with Gasteiger partial charge in [0.15, 0.2) is 0 Å². The van der Waals surface area contributed by atoms with E-state index in [1.807, 2.05) is 0 Å². The minimum atomic E-state index is 0.730. The van der Waals surface area contributed by atoms with Crippen molar-refractivity contribution in [1.29, 1.82) is 0 Å². The molecule has 0 unspecified atom stereocenters. The van der Waals surface area contributed by atoms with Crippen molar-refractivity contribution in [2.24, 2.45) is 40.9 Å². The monoisotopic (exact) mass is 272 g/mol. The molecule has 0 heterocycles. The fraction of sp³-hybridized carbons (Fsp3) is 0.900. The molecule has 0 bridgehead atoms. The summed E-state index contributed by atoms with van der Waals surface area (Å²) < 4.78 is 0. The predicted molar refractivity (Wildman–Crippen MR) is 85.4 cm³/mol. The Morgan fingerprint density at radius 1 is 1.05 bits per heavy atom. The number of rotatable bonds is 1. The molecular weight excluding hydrogens is 240 g/mol. The van der Waals surface area contributed by atoms with Crippen LogP contribution in [0.2, 0.25) is 0 Å². The third-order valence-electron chi connectivity index (χ3n) is 7.94. The van der Waals surface area contributed by atoms with Gasteiger partial charge in [-0.25, -0.2) is 0 Å². The highest BCUT2D eigenvalue weighted by Gasteiger charge is 2.68. The van der Waals surface area contributed by atoms with Gasteiger partial charge in [0, 0.05) is 0 Å². The highest BCUT2D eigenvalue weighted by molar-refractivity contribution is 5.22. The molecule has 0 aromatic rings. The smallest absolute Gasteiger partial charge is 0.0172 e. The molecule has 0 radical (unpaired) electrons. The maximum atomic E-state index is 4.47. The summed E-state index contributed by atoms with van der Waals surface area (Å²) in [5.41, 5.74) is 2.35. The van der Waals surface area contributed by atoms with Crippen molar-refractivity contribution < 1.29 is 0 Å². The first-order valence-electron chi connectivity index (χ1n) is 9.30.